The van der Waals surface area contributed by atoms with E-state index < -0.39 is 0 Å². The Labute approximate surface area is 97.5 Å². The van der Waals surface area contributed by atoms with Crippen molar-refractivity contribution in [3.05, 3.63) is 39.3 Å². The van der Waals surface area contributed by atoms with E-state index in [4.69, 9.17) is 0 Å². The van der Waals surface area contributed by atoms with Crippen molar-refractivity contribution >= 4 is 17.1 Å². The van der Waals surface area contributed by atoms with Gasteiger partial charge in [0.1, 0.15) is 0 Å². The van der Waals surface area contributed by atoms with Gasteiger partial charge in [-0.15, -0.1) is 11.3 Å². The van der Waals surface area contributed by atoms with E-state index in [1.165, 1.54) is 9.75 Å². The molecule has 0 aromatic carbocycles. The molecular weight excluding hydrogens is 220 g/mol. The van der Waals surface area contributed by atoms with Crippen LogP contribution in [0.3, 0.4) is 0 Å². The second-order valence-corrected chi connectivity index (χ2v) is 5.56. The first-order valence-corrected chi connectivity index (χ1v) is 6.17. The summed E-state index contributed by atoms with van der Waals surface area (Å²) in [6.07, 6.45) is 3.17. The average molecular weight is 232 g/mol. The number of Topliss-reactive ketones (excluding diaryl/α,β-unsaturated/α-hetero) is 1. The highest BCUT2D eigenvalue weighted by Gasteiger charge is 2.28. The fourth-order valence-electron chi connectivity index (χ4n) is 2.24. The van der Waals surface area contributed by atoms with Crippen molar-refractivity contribution in [1.29, 1.82) is 0 Å². The zero-order valence-corrected chi connectivity index (χ0v) is 9.80. The first-order valence-electron chi connectivity index (χ1n) is 5.36. The number of fused-ring (bicyclic) bond motifs is 1. The Kier molecular flexibility index (Phi) is 2.17. The number of nitrogens with zero attached hydrogens (tertiary/aromatic N) is 1. The molecule has 2 aromatic heterocycles. The van der Waals surface area contributed by atoms with Crippen molar-refractivity contribution in [2.24, 2.45) is 0 Å². The van der Waals surface area contributed by atoms with E-state index in [2.05, 4.69) is 29.3 Å². The van der Waals surface area contributed by atoms with Crippen LogP contribution in [0.25, 0.3) is 0 Å². The van der Waals surface area contributed by atoms with Crippen LogP contribution in [0.2, 0.25) is 0 Å². The van der Waals surface area contributed by atoms with Crippen LogP contribution in [0.15, 0.2) is 18.3 Å². The third-order valence-corrected chi connectivity index (χ3v) is 4.23. The van der Waals surface area contributed by atoms with E-state index >= 15 is 0 Å². The second kappa shape index (κ2) is 3.56. The van der Waals surface area contributed by atoms with Gasteiger partial charge in [0.05, 0.1) is 11.8 Å². The van der Waals surface area contributed by atoms with Gasteiger partial charge in [-0.2, -0.15) is 5.10 Å². The van der Waals surface area contributed by atoms with Crippen LogP contribution in [0, 0.1) is 6.92 Å². The molecule has 0 amide bonds. The lowest BCUT2D eigenvalue weighted by atomic mass is 9.86. The molecular formula is C12H12N2OS. The lowest BCUT2D eigenvalue weighted by Crippen LogP contribution is -2.17. The van der Waals surface area contributed by atoms with E-state index in [9.17, 15) is 4.79 Å². The van der Waals surface area contributed by atoms with Gasteiger partial charge in [0.2, 0.25) is 0 Å². The molecule has 1 aliphatic carbocycles. The van der Waals surface area contributed by atoms with E-state index in [0.29, 0.717) is 12.3 Å². The third kappa shape index (κ3) is 1.50. The molecule has 0 aliphatic heterocycles. The Hall–Kier alpha value is -1.42. The van der Waals surface area contributed by atoms with Gasteiger partial charge in [0.15, 0.2) is 5.78 Å². The molecule has 1 atom stereocenters. The molecule has 16 heavy (non-hydrogen) atoms. The fourth-order valence-corrected chi connectivity index (χ4v) is 3.21. The maximum Gasteiger partial charge on any atom is 0.166 e. The van der Waals surface area contributed by atoms with Gasteiger partial charge in [-0.05, 0) is 25.5 Å². The number of thiophene rings is 1. The number of H-pyrrole nitrogens is 1. The minimum Gasteiger partial charge on any atom is -0.294 e. The molecule has 82 valence electrons. The summed E-state index contributed by atoms with van der Waals surface area (Å²) >= 11 is 1.79. The molecule has 2 heterocycles. The van der Waals surface area contributed by atoms with Crippen molar-refractivity contribution in [3.8, 4) is 0 Å². The first kappa shape index (κ1) is 9.78. The number of nitrogens with one attached hydrogen (secondary N) is 1. The van der Waals surface area contributed by atoms with Gasteiger partial charge in [-0.1, -0.05) is 0 Å². The highest BCUT2D eigenvalue weighted by Crippen LogP contribution is 2.34. The SMILES string of the molecule is Cc1ccc([C@H]2CC(=O)c3cn[nH]c3C2)s1. The smallest absolute Gasteiger partial charge is 0.166 e. The van der Waals surface area contributed by atoms with Crippen LogP contribution in [0.4, 0.5) is 0 Å². The zero-order chi connectivity index (χ0) is 11.1. The minimum atomic E-state index is 0.214. The summed E-state index contributed by atoms with van der Waals surface area (Å²) in [6.45, 7) is 2.10. The molecule has 0 saturated carbocycles. The highest BCUT2D eigenvalue weighted by atomic mass is 32.1. The molecule has 0 bridgehead atoms. The Bertz CT molecular complexity index is 541. The van der Waals surface area contributed by atoms with Crippen molar-refractivity contribution < 1.29 is 4.79 Å². The molecule has 0 saturated heterocycles. The third-order valence-electron chi connectivity index (χ3n) is 3.06. The van der Waals surface area contributed by atoms with Crippen LogP contribution in [-0.4, -0.2) is 16.0 Å². The van der Waals surface area contributed by atoms with E-state index in [0.717, 1.165) is 17.7 Å². The molecule has 4 heteroatoms. The summed E-state index contributed by atoms with van der Waals surface area (Å²) in [4.78, 5) is 14.5. The van der Waals surface area contributed by atoms with Crippen LogP contribution < -0.4 is 0 Å². The molecule has 0 spiro atoms. The monoisotopic (exact) mass is 232 g/mol. The molecule has 2 aromatic rings. The Morgan fingerprint density at radius 1 is 1.44 bits per heavy atom. The summed E-state index contributed by atoms with van der Waals surface area (Å²) in [6, 6.07) is 4.26. The summed E-state index contributed by atoms with van der Waals surface area (Å²) in [7, 11) is 0. The normalized spacial score (nSPS) is 19.8. The van der Waals surface area contributed by atoms with Gasteiger partial charge in [0, 0.05) is 27.8 Å². The van der Waals surface area contributed by atoms with E-state index in [1.807, 2.05) is 0 Å². The van der Waals surface area contributed by atoms with E-state index in [-0.39, 0.29) is 5.78 Å². The van der Waals surface area contributed by atoms with Gasteiger partial charge in [0.25, 0.3) is 0 Å². The maximum atomic E-state index is 11.9. The molecule has 0 unspecified atom stereocenters. The number of aryl methyl sites for hydroxylation is 1. The van der Waals surface area contributed by atoms with Gasteiger partial charge in [-0.25, -0.2) is 0 Å². The number of aromatic amines is 1. The van der Waals surface area contributed by atoms with Crippen LogP contribution in [0.5, 0.6) is 0 Å². The number of ketones is 1. The summed E-state index contributed by atoms with van der Waals surface area (Å²) in [5.41, 5.74) is 1.77. The van der Waals surface area contributed by atoms with E-state index in [1.54, 1.807) is 17.5 Å². The number of rotatable bonds is 1. The molecule has 3 rings (SSSR count). The standard InChI is InChI=1S/C12H12N2OS/c1-7-2-3-12(16-7)8-4-10-9(6-13-14-10)11(15)5-8/h2-3,6,8H,4-5H2,1H3,(H,13,14)/t8-/m1/s1. The van der Waals surface area contributed by atoms with Gasteiger partial charge in [-0.3, -0.25) is 9.89 Å². The van der Waals surface area contributed by atoms with Crippen LogP contribution >= 0.6 is 11.3 Å². The lowest BCUT2D eigenvalue weighted by Gasteiger charge is -2.19. The number of aromatic nitrogens is 2. The number of hydrogen-bond acceptors (Lipinski definition) is 3. The Balaban J connectivity index is 1.94. The number of carbonyl (C=O) groups excluding carboxylic acids is 1. The van der Waals surface area contributed by atoms with Gasteiger partial charge < -0.3 is 0 Å². The Morgan fingerprint density at radius 2 is 2.31 bits per heavy atom. The summed E-state index contributed by atoms with van der Waals surface area (Å²) in [5.74, 6) is 0.546. The van der Waals surface area contributed by atoms with Crippen LogP contribution in [0.1, 0.15) is 38.1 Å². The average Bonchev–Trinajstić information content (AvgIpc) is 2.85. The van der Waals surface area contributed by atoms with Crippen molar-refractivity contribution in [2.75, 3.05) is 0 Å². The number of carbonyl (C=O) groups is 1. The highest BCUT2D eigenvalue weighted by molar-refractivity contribution is 7.12. The second-order valence-electron chi connectivity index (χ2n) is 4.24. The summed E-state index contributed by atoms with van der Waals surface area (Å²) in [5, 5.41) is 6.87. The zero-order valence-electron chi connectivity index (χ0n) is 8.99. The first-order chi connectivity index (χ1) is 7.74. The lowest BCUT2D eigenvalue weighted by molar-refractivity contribution is 0.0964. The summed E-state index contributed by atoms with van der Waals surface area (Å²) < 4.78 is 0. The minimum absolute atomic E-state index is 0.214. The fraction of sp³-hybridized carbons (Fsp3) is 0.333. The number of hydrogen-bond donors (Lipinski definition) is 1. The van der Waals surface area contributed by atoms with Gasteiger partial charge >= 0.3 is 0 Å². The van der Waals surface area contributed by atoms with Crippen molar-refractivity contribution in [1.82, 2.24) is 10.2 Å². The predicted molar refractivity (Wildman–Crippen MR) is 63.0 cm³/mol. The van der Waals surface area contributed by atoms with Crippen molar-refractivity contribution in [3.63, 3.8) is 0 Å². The largest absolute Gasteiger partial charge is 0.294 e. The molecule has 1 aliphatic rings. The van der Waals surface area contributed by atoms with Crippen LogP contribution in [-0.2, 0) is 6.42 Å². The quantitative estimate of drug-likeness (QED) is 0.821. The predicted octanol–water partition coefficient (Wildman–Crippen LogP) is 2.69. The Morgan fingerprint density at radius 3 is 3.06 bits per heavy atom. The molecule has 0 fully saturated rings. The molecule has 0 radical (unpaired) electrons. The molecule has 1 N–H and O–H groups in total. The van der Waals surface area contributed by atoms with Crippen molar-refractivity contribution in [2.45, 2.75) is 25.7 Å². The maximum absolute atomic E-state index is 11.9. The topological polar surface area (TPSA) is 45.8 Å². The molecule has 3 nitrogen and oxygen atoms in total.